The molecule has 0 saturated carbocycles. The van der Waals surface area contributed by atoms with Crippen molar-refractivity contribution in [2.75, 3.05) is 19.6 Å². The molecule has 0 bridgehead atoms. The second-order valence-electron chi connectivity index (χ2n) is 5.37. The van der Waals surface area contributed by atoms with Crippen LogP contribution in [0.3, 0.4) is 0 Å². The molecular weight excluding hydrogens is 295 g/mol. The Balaban J connectivity index is 2.07. The van der Waals surface area contributed by atoms with Crippen molar-refractivity contribution in [1.82, 2.24) is 9.62 Å². The number of rotatable bonds is 6. The number of benzene rings is 1. The molecule has 7 heteroatoms. The van der Waals surface area contributed by atoms with Crippen molar-refractivity contribution in [2.45, 2.75) is 37.3 Å². The predicted molar refractivity (Wildman–Crippen MR) is 77.8 cm³/mol. The quantitative estimate of drug-likeness (QED) is 0.824. The van der Waals surface area contributed by atoms with E-state index in [1.54, 1.807) is 0 Å². The summed E-state index contributed by atoms with van der Waals surface area (Å²) in [5.74, 6) is -0.812. The third-order valence-corrected chi connectivity index (χ3v) is 5.24. The van der Waals surface area contributed by atoms with Crippen LogP contribution >= 0.6 is 0 Å². The summed E-state index contributed by atoms with van der Waals surface area (Å²) in [4.78, 5) is 1.80. The Hall–Kier alpha value is -1.02. The van der Waals surface area contributed by atoms with Crippen molar-refractivity contribution in [3.05, 3.63) is 29.6 Å². The molecule has 0 amide bonds. The molecule has 1 aliphatic heterocycles. The maximum Gasteiger partial charge on any atom is 0.243 e. The van der Waals surface area contributed by atoms with Crippen LogP contribution in [0.15, 0.2) is 23.1 Å². The van der Waals surface area contributed by atoms with E-state index in [2.05, 4.69) is 9.62 Å². The maximum absolute atomic E-state index is 13.7. The standard InChI is InChI=1S/C14H21FN2O3S/c1-11(17-6-2-3-7-17)9-16-21(19,20)14-8-12(10-18)4-5-13(14)15/h4-5,8,11,16,18H,2-3,6-7,9-10H2,1H3. The predicted octanol–water partition coefficient (Wildman–Crippen LogP) is 1.08. The number of nitrogens with zero attached hydrogens (tertiary/aromatic N) is 1. The summed E-state index contributed by atoms with van der Waals surface area (Å²) in [6.45, 7) is 3.81. The first kappa shape index (κ1) is 16.4. The van der Waals surface area contributed by atoms with Crippen molar-refractivity contribution in [2.24, 2.45) is 0 Å². The summed E-state index contributed by atoms with van der Waals surface area (Å²) in [5, 5.41) is 9.04. The van der Waals surface area contributed by atoms with Crippen LogP contribution < -0.4 is 4.72 Å². The van der Waals surface area contributed by atoms with Crippen LogP contribution in [0.4, 0.5) is 4.39 Å². The summed E-state index contributed by atoms with van der Waals surface area (Å²) in [7, 11) is -3.91. The van der Waals surface area contributed by atoms with E-state index in [0.717, 1.165) is 38.1 Å². The van der Waals surface area contributed by atoms with Gasteiger partial charge in [0.25, 0.3) is 0 Å². The van der Waals surface area contributed by atoms with E-state index in [0.29, 0.717) is 5.56 Å². The fourth-order valence-corrected chi connectivity index (χ4v) is 3.72. The highest BCUT2D eigenvalue weighted by atomic mass is 32.2. The van der Waals surface area contributed by atoms with Gasteiger partial charge in [-0.1, -0.05) is 6.07 Å². The van der Waals surface area contributed by atoms with Gasteiger partial charge in [0.1, 0.15) is 10.7 Å². The monoisotopic (exact) mass is 316 g/mol. The third-order valence-electron chi connectivity index (χ3n) is 3.80. The van der Waals surface area contributed by atoms with Gasteiger partial charge in [0.2, 0.25) is 10.0 Å². The van der Waals surface area contributed by atoms with Crippen molar-refractivity contribution < 1.29 is 17.9 Å². The Morgan fingerprint density at radius 2 is 2.05 bits per heavy atom. The van der Waals surface area contributed by atoms with Gasteiger partial charge in [0.15, 0.2) is 0 Å². The molecule has 0 aliphatic carbocycles. The molecule has 0 radical (unpaired) electrons. The lowest BCUT2D eigenvalue weighted by Crippen LogP contribution is -2.40. The molecule has 1 unspecified atom stereocenters. The number of aliphatic hydroxyl groups excluding tert-OH is 1. The minimum Gasteiger partial charge on any atom is -0.392 e. The van der Waals surface area contributed by atoms with E-state index in [-0.39, 0.29) is 19.2 Å². The van der Waals surface area contributed by atoms with Gasteiger partial charge in [-0.25, -0.2) is 17.5 Å². The molecule has 118 valence electrons. The third kappa shape index (κ3) is 4.00. The number of hydrogen-bond donors (Lipinski definition) is 2. The molecule has 5 nitrogen and oxygen atoms in total. The molecule has 2 rings (SSSR count). The van der Waals surface area contributed by atoms with Crippen LogP contribution in [0.25, 0.3) is 0 Å². The highest BCUT2D eigenvalue weighted by Crippen LogP contribution is 2.17. The van der Waals surface area contributed by atoms with Gasteiger partial charge in [0.05, 0.1) is 6.61 Å². The Morgan fingerprint density at radius 3 is 2.67 bits per heavy atom. The van der Waals surface area contributed by atoms with Crippen molar-refractivity contribution >= 4 is 10.0 Å². The zero-order valence-corrected chi connectivity index (χ0v) is 12.9. The van der Waals surface area contributed by atoms with E-state index in [4.69, 9.17) is 5.11 Å². The zero-order chi connectivity index (χ0) is 15.5. The molecular formula is C14H21FN2O3S. The summed E-state index contributed by atoms with van der Waals surface area (Å²) in [5.41, 5.74) is 0.365. The van der Waals surface area contributed by atoms with Crippen LogP contribution in [0.5, 0.6) is 0 Å². The molecule has 1 atom stereocenters. The van der Waals surface area contributed by atoms with Crippen LogP contribution in [0, 0.1) is 5.82 Å². The molecule has 2 N–H and O–H groups in total. The van der Waals surface area contributed by atoms with E-state index < -0.39 is 20.7 Å². The first-order valence-electron chi connectivity index (χ1n) is 7.07. The van der Waals surface area contributed by atoms with Gasteiger partial charge < -0.3 is 5.11 Å². The summed E-state index contributed by atoms with van der Waals surface area (Å²) < 4.78 is 40.5. The highest BCUT2D eigenvalue weighted by Gasteiger charge is 2.23. The van der Waals surface area contributed by atoms with E-state index >= 15 is 0 Å². The molecule has 0 aromatic heterocycles. The highest BCUT2D eigenvalue weighted by molar-refractivity contribution is 7.89. The first-order valence-corrected chi connectivity index (χ1v) is 8.55. The van der Waals surface area contributed by atoms with Gasteiger partial charge in [0, 0.05) is 12.6 Å². The molecule has 1 aromatic rings. The van der Waals surface area contributed by atoms with Gasteiger partial charge in [-0.05, 0) is 50.6 Å². The molecule has 21 heavy (non-hydrogen) atoms. The normalized spacial score (nSPS) is 18.0. The number of likely N-dealkylation sites (tertiary alicyclic amines) is 1. The second-order valence-corrected chi connectivity index (χ2v) is 7.10. The lowest BCUT2D eigenvalue weighted by atomic mass is 10.2. The Morgan fingerprint density at radius 1 is 1.38 bits per heavy atom. The minimum absolute atomic E-state index is 0.0753. The molecule has 1 saturated heterocycles. The van der Waals surface area contributed by atoms with E-state index in [9.17, 15) is 12.8 Å². The minimum atomic E-state index is -3.91. The van der Waals surface area contributed by atoms with Gasteiger partial charge >= 0.3 is 0 Å². The van der Waals surface area contributed by atoms with Crippen molar-refractivity contribution in [3.8, 4) is 0 Å². The first-order chi connectivity index (χ1) is 9.94. The number of nitrogens with one attached hydrogen (secondary N) is 1. The molecule has 1 fully saturated rings. The van der Waals surface area contributed by atoms with Gasteiger partial charge in [-0.15, -0.1) is 0 Å². The number of halogens is 1. The topological polar surface area (TPSA) is 69.6 Å². The summed E-state index contributed by atoms with van der Waals surface area (Å²) in [6.07, 6.45) is 2.26. The molecule has 1 aliphatic rings. The largest absolute Gasteiger partial charge is 0.392 e. The van der Waals surface area contributed by atoms with Crippen LogP contribution in [-0.2, 0) is 16.6 Å². The lowest BCUT2D eigenvalue weighted by molar-refractivity contribution is 0.260. The molecule has 1 heterocycles. The number of aliphatic hydroxyl groups is 1. The fraction of sp³-hybridized carbons (Fsp3) is 0.571. The van der Waals surface area contributed by atoms with Gasteiger partial charge in [-0.3, -0.25) is 4.90 Å². The Labute approximate surface area is 124 Å². The van der Waals surface area contributed by atoms with Crippen LogP contribution in [0.2, 0.25) is 0 Å². The van der Waals surface area contributed by atoms with Crippen LogP contribution in [-0.4, -0.2) is 44.1 Å². The van der Waals surface area contributed by atoms with Crippen molar-refractivity contribution in [1.29, 1.82) is 0 Å². The summed E-state index contributed by atoms with van der Waals surface area (Å²) in [6, 6.07) is 3.66. The average Bonchev–Trinajstić information content (AvgIpc) is 2.99. The zero-order valence-electron chi connectivity index (χ0n) is 12.0. The van der Waals surface area contributed by atoms with Gasteiger partial charge in [-0.2, -0.15) is 0 Å². The SMILES string of the molecule is CC(CNS(=O)(=O)c1cc(CO)ccc1F)N1CCCC1. The lowest BCUT2D eigenvalue weighted by Gasteiger charge is -2.23. The summed E-state index contributed by atoms with van der Waals surface area (Å²) >= 11 is 0. The Bertz CT molecular complexity index is 586. The Kier molecular flexibility index (Phi) is 5.32. The van der Waals surface area contributed by atoms with E-state index in [1.165, 1.54) is 6.07 Å². The maximum atomic E-state index is 13.7. The second kappa shape index (κ2) is 6.83. The number of hydrogen-bond acceptors (Lipinski definition) is 4. The smallest absolute Gasteiger partial charge is 0.243 e. The molecule has 0 spiro atoms. The average molecular weight is 316 g/mol. The molecule has 1 aromatic carbocycles. The van der Waals surface area contributed by atoms with Crippen LogP contribution in [0.1, 0.15) is 25.3 Å². The fourth-order valence-electron chi connectivity index (χ4n) is 2.47. The van der Waals surface area contributed by atoms with Crippen molar-refractivity contribution in [3.63, 3.8) is 0 Å². The van der Waals surface area contributed by atoms with E-state index in [1.807, 2.05) is 6.92 Å². The number of sulfonamides is 1.